The van der Waals surface area contributed by atoms with Gasteiger partial charge in [-0.3, -0.25) is 9.79 Å². The van der Waals surface area contributed by atoms with Crippen molar-refractivity contribution in [3.05, 3.63) is 36.3 Å². The highest BCUT2D eigenvalue weighted by Gasteiger charge is 2.63. The van der Waals surface area contributed by atoms with Crippen LogP contribution in [0.25, 0.3) is 10.9 Å². The van der Waals surface area contributed by atoms with Crippen molar-refractivity contribution < 1.29 is 19.3 Å². The molecule has 3 saturated heterocycles. The van der Waals surface area contributed by atoms with Gasteiger partial charge in [-0.1, -0.05) is 18.2 Å². The largest absolute Gasteiger partial charge is 0.442 e. The van der Waals surface area contributed by atoms with Gasteiger partial charge in [0.25, 0.3) is 0 Å². The number of aromatic nitrogens is 2. The Hall–Kier alpha value is -2.29. The number of rotatable bonds is 3. The van der Waals surface area contributed by atoms with E-state index in [0.717, 1.165) is 42.3 Å². The van der Waals surface area contributed by atoms with Crippen molar-refractivity contribution in [2.75, 3.05) is 20.3 Å². The van der Waals surface area contributed by atoms with Crippen molar-refractivity contribution in [2.24, 2.45) is 0 Å². The lowest BCUT2D eigenvalue weighted by Gasteiger charge is -2.51. The maximum atomic E-state index is 12.9. The predicted octanol–water partition coefficient (Wildman–Crippen LogP) is 2.35. The minimum absolute atomic E-state index is 0.0520. The summed E-state index contributed by atoms with van der Waals surface area (Å²) in [6, 6.07) is 7.86. The van der Waals surface area contributed by atoms with Crippen LogP contribution in [0.4, 0.5) is 4.79 Å². The van der Waals surface area contributed by atoms with E-state index in [1.165, 1.54) is 7.11 Å². The van der Waals surface area contributed by atoms with Crippen LogP contribution in [0.1, 0.15) is 37.4 Å². The first-order valence-corrected chi connectivity index (χ1v) is 9.84. The zero-order valence-electron chi connectivity index (χ0n) is 15.8. The standard InChI is InChI=1S/C20H24N4O4/c1-26-28-19(25)24-13-8-9-20(24,16-7-4-10-27-16)18(21-11-13)17-14-5-2-3-6-15(14)22-12-23-17/h2-3,5-6,12-13,16,18,21H,4,7-11H2,1H3/t13?,16-,18?,20?/m1/s1. The number of para-hydroxylation sites is 1. The van der Waals surface area contributed by atoms with Gasteiger partial charge in [-0.15, -0.1) is 0 Å². The van der Waals surface area contributed by atoms with Crippen molar-refractivity contribution in [1.29, 1.82) is 0 Å². The molecular formula is C20H24N4O4. The Morgan fingerprint density at radius 3 is 3.04 bits per heavy atom. The number of amides is 1. The summed E-state index contributed by atoms with van der Waals surface area (Å²) in [7, 11) is 1.36. The minimum Gasteiger partial charge on any atom is -0.376 e. The first-order chi connectivity index (χ1) is 13.8. The second-order valence-electron chi connectivity index (χ2n) is 7.69. The van der Waals surface area contributed by atoms with Crippen LogP contribution in [0, 0.1) is 0 Å². The highest BCUT2D eigenvalue weighted by atomic mass is 17.2. The van der Waals surface area contributed by atoms with Crippen molar-refractivity contribution in [3.8, 4) is 0 Å². The molecule has 3 aliphatic heterocycles. The normalized spacial score (nSPS) is 32.0. The fraction of sp³-hybridized carbons (Fsp3) is 0.550. The quantitative estimate of drug-likeness (QED) is 0.642. The number of nitrogens with zero attached hydrogens (tertiary/aromatic N) is 3. The molecule has 148 valence electrons. The van der Waals surface area contributed by atoms with Gasteiger partial charge in [-0.25, -0.2) is 14.8 Å². The topological polar surface area (TPSA) is 85.8 Å². The average Bonchev–Trinajstić information content (AvgIpc) is 3.35. The summed E-state index contributed by atoms with van der Waals surface area (Å²) in [5.41, 5.74) is 1.23. The summed E-state index contributed by atoms with van der Waals surface area (Å²) in [6.45, 7) is 1.39. The Kier molecular flexibility index (Phi) is 4.41. The lowest BCUT2D eigenvalue weighted by atomic mass is 9.77. The van der Waals surface area contributed by atoms with E-state index >= 15 is 0 Å². The Morgan fingerprint density at radius 2 is 2.21 bits per heavy atom. The van der Waals surface area contributed by atoms with Gasteiger partial charge in [-0.05, 0) is 31.7 Å². The molecule has 8 nitrogen and oxygen atoms in total. The van der Waals surface area contributed by atoms with Crippen LogP contribution >= 0.6 is 0 Å². The molecule has 2 aromatic rings. The summed E-state index contributed by atoms with van der Waals surface area (Å²) in [5, 5.41) is 4.66. The van der Waals surface area contributed by atoms with Crippen LogP contribution < -0.4 is 5.32 Å². The van der Waals surface area contributed by atoms with Gasteiger partial charge < -0.3 is 10.1 Å². The van der Waals surface area contributed by atoms with Crippen molar-refractivity contribution >= 4 is 17.0 Å². The second-order valence-corrected chi connectivity index (χ2v) is 7.69. The van der Waals surface area contributed by atoms with Gasteiger partial charge in [0.1, 0.15) is 6.33 Å². The fourth-order valence-electron chi connectivity index (χ4n) is 5.39. The molecule has 3 aliphatic rings. The number of fused-ring (bicyclic) bond motifs is 3. The molecule has 0 saturated carbocycles. The molecule has 3 unspecified atom stereocenters. The van der Waals surface area contributed by atoms with E-state index in [2.05, 4.69) is 15.3 Å². The first kappa shape index (κ1) is 17.8. The van der Waals surface area contributed by atoms with Crippen LogP contribution in [-0.2, 0) is 14.5 Å². The zero-order valence-corrected chi connectivity index (χ0v) is 15.8. The minimum atomic E-state index is -0.563. The third-order valence-electron chi connectivity index (χ3n) is 6.43. The maximum Gasteiger partial charge on any atom is 0.442 e. The van der Waals surface area contributed by atoms with Crippen molar-refractivity contribution in [2.45, 2.75) is 49.4 Å². The summed E-state index contributed by atoms with van der Waals surface area (Å²) in [5.74, 6) is 0. The molecule has 28 heavy (non-hydrogen) atoms. The molecule has 0 radical (unpaired) electrons. The second kappa shape index (κ2) is 6.95. The Balaban J connectivity index is 1.66. The van der Waals surface area contributed by atoms with E-state index in [0.29, 0.717) is 13.2 Å². The Bertz CT molecular complexity index is 882. The highest BCUT2D eigenvalue weighted by molar-refractivity contribution is 5.81. The van der Waals surface area contributed by atoms with Crippen molar-refractivity contribution in [1.82, 2.24) is 20.2 Å². The number of hydrogen-bond acceptors (Lipinski definition) is 7. The molecule has 0 spiro atoms. The van der Waals surface area contributed by atoms with E-state index in [4.69, 9.17) is 14.5 Å². The van der Waals surface area contributed by atoms with Gasteiger partial charge >= 0.3 is 6.09 Å². The van der Waals surface area contributed by atoms with E-state index in [1.54, 1.807) is 6.33 Å². The summed E-state index contributed by atoms with van der Waals surface area (Å²) >= 11 is 0. The molecular weight excluding hydrogens is 360 g/mol. The van der Waals surface area contributed by atoms with Gasteiger partial charge in [-0.2, -0.15) is 4.89 Å². The van der Waals surface area contributed by atoms with Gasteiger partial charge in [0.05, 0.1) is 36.0 Å². The Morgan fingerprint density at radius 1 is 1.32 bits per heavy atom. The Labute approximate surface area is 163 Å². The summed E-state index contributed by atoms with van der Waals surface area (Å²) < 4.78 is 6.16. The van der Waals surface area contributed by atoms with Crippen LogP contribution in [0.3, 0.4) is 0 Å². The predicted molar refractivity (Wildman–Crippen MR) is 100 cm³/mol. The van der Waals surface area contributed by atoms with E-state index in [9.17, 15) is 4.79 Å². The lowest BCUT2D eigenvalue weighted by Crippen LogP contribution is -2.68. The number of benzene rings is 1. The van der Waals surface area contributed by atoms with Crippen LogP contribution in [0.5, 0.6) is 0 Å². The fourth-order valence-corrected chi connectivity index (χ4v) is 5.39. The van der Waals surface area contributed by atoms with E-state index in [-0.39, 0.29) is 18.2 Å². The molecule has 1 amide bonds. The number of carbonyl (C=O) groups excluding carboxylic acids is 1. The number of ether oxygens (including phenoxy) is 1. The summed E-state index contributed by atoms with van der Waals surface area (Å²) in [6.07, 6.45) is 4.69. The van der Waals surface area contributed by atoms with Gasteiger partial charge in [0, 0.05) is 24.6 Å². The molecule has 3 fully saturated rings. The third-order valence-corrected chi connectivity index (χ3v) is 6.43. The zero-order chi connectivity index (χ0) is 19.1. The maximum absolute atomic E-state index is 12.9. The average molecular weight is 384 g/mol. The lowest BCUT2D eigenvalue weighted by molar-refractivity contribution is -0.230. The molecule has 8 heteroatoms. The number of hydrogen-bond donors (Lipinski definition) is 1. The molecule has 1 aromatic carbocycles. The summed E-state index contributed by atoms with van der Waals surface area (Å²) in [4.78, 5) is 33.6. The molecule has 2 bridgehead atoms. The SMILES string of the molecule is COOC(=O)N1C2CCC1([C@H]1CCCO1)C(c1ncnc3ccccc13)NC2. The van der Waals surface area contributed by atoms with E-state index in [1.807, 2.05) is 29.2 Å². The van der Waals surface area contributed by atoms with Crippen molar-refractivity contribution in [3.63, 3.8) is 0 Å². The highest BCUT2D eigenvalue weighted by Crippen LogP contribution is 2.51. The molecule has 1 aromatic heterocycles. The monoisotopic (exact) mass is 384 g/mol. The number of nitrogens with one attached hydrogen (secondary N) is 1. The van der Waals surface area contributed by atoms with Gasteiger partial charge in [0.2, 0.25) is 0 Å². The molecule has 1 N–H and O–H groups in total. The van der Waals surface area contributed by atoms with E-state index < -0.39 is 11.6 Å². The number of piperazine rings is 1. The van der Waals surface area contributed by atoms with Crippen LogP contribution in [0.15, 0.2) is 30.6 Å². The van der Waals surface area contributed by atoms with Crippen LogP contribution in [-0.4, -0.2) is 58.9 Å². The van der Waals surface area contributed by atoms with Gasteiger partial charge in [0.15, 0.2) is 0 Å². The third kappa shape index (κ3) is 2.52. The molecule has 4 heterocycles. The molecule has 0 aliphatic carbocycles. The molecule has 5 rings (SSSR count). The smallest absolute Gasteiger partial charge is 0.376 e. The number of carbonyl (C=O) groups is 1. The molecule has 4 atom stereocenters. The first-order valence-electron chi connectivity index (χ1n) is 9.84. The van der Waals surface area contributed by atoms with Crippen LogP contribution in [0.2, 0.25) is 0 Å².